The third-order valence-electron chi connectivity index (χ3n) is 7.50. The van der Waals surface area contributed by atoms with Crippen molar-refractivity contribution in [1.82, 2.24) is 14.1 Å². The van der Waals surface area contributed by atoms with Crippen LogP contribution in [-0.4, -0.2) is 80.3 Å². The summed E-state index contributed by atoms with van der Waals surface area (Å²) in [5, 5.41) is 4.10. The fraction of sp³-hybridized carbons (Fsp3) is 0.400. The number of thiophene rings is 1. The second kappa shape index (κ2) is 16.0. The third kappa shape index (κ3) is 9.27. The number of carbonyl (C=O) groups is 2. The Morgan fingerprint density at radius 2 is 1.69 bits per heavy atom. The molecule has 9 nitrogen and oxygen atoms in total. The minimum absolute atomic E-state index is 0. The van der Waals surface area contributed by atoms with Gasteiger partial charge in [-0.25, -0.2) is 17.5 Å². The Labute approximate surface area is 258 Å². The third-order valence-corrected chi connectivity index (χ3v) is 10.0. The van der Waals surface area contributed by atoms with Gasteiger partial charge in [0.05, 0.1) is 4.90 Å². The summed E-state index contributed by atoms with van der Waals surface area (Å²) in [5.74, 6) is -0.529. The molecule has 2 N–H and O–H groups in total. The Kier molecular flexibility index (Phi) is 12.8. The van der Waals surface area contributed by atoms with Gasteiger partial charge in [0.2, 0.25) is 15.9 Å². The molecule has 42 heavy (non-hydrogen) atoms. The van der Waals surface area contributed by atoms with Crippen molar-refractivity contribution in [2.45, 2.75) is 42.7 Å². The molecular formula is C30H39ClN4O5S2. The molecule has 1 saturated heterocycles. The van der Waals surface area contributed by atoms with Gasteiger partial charge in [0.1, 0.15) is 13.2 Å². The number of ether oxygens (including phenoxy) is 1. The Morgan fingerprint density at radius 3 is 2.29 bits per heavy atom. The number of piperidine rings is 1. The molecule has 0 bridgehead atoms. The summed E-state index contributed by atoms with van der Waals surface area (Å²) < 4.78 is 33.2. The van der Waals surface area contributed by atoms with Crippen molar-refractivity contribution in [2.75, 3.05) is 39.8 Å². The summed E-state index contributed by atoms with van der Waals surface area (Å²) in [7, 11) is -1.95. The lowest BCUT2D eigenvalue weighted by Gasteiger charge is -2.38. The summed E-state index contributed by atoms with van der Waals surface area (Å²) in [6.07, 6.45) is 1.64. The van der Waals surface area contributed by atoms with E-state index in [-0.39, 0.29) is 42.4 Å². The van der Waals surface area contributed by atoms with Crippen LogP contribution in [0.1, 0.15) is 36.3 Å². The van der Waals surface area contributed by atoms with E-state index >= 15 is 0 Å². The van der Waals surface area contributed by atoms with Crippen LogP contribution >= 0.6 is 23.7 Å². The lowest BCUT2D eigenvalue weighted by Crippen LogP contribution is -2.50. The average Bonchev–Trinajstić information content (AvgIpc) is 3.53. The number of sulfonamides is 1. The summed E-state index contributed by atoms with van der Waals surface area (Å²) in [6, 6.07) is 19.8. The minimum atomic E-state index is -3.59. The van der Waals surface area contributed by atoms with Gasteiger partial charge in [-0.1, -0.05) is 48.5 Å². The van der Waals surface area contributed by atoms with E-state index in [0.29, 0.717) is 19.4 Å². The predicted octanol–water partition coefficient (Wildman–Crippen LogP) is 4.55. The maximum absolute atomic E-state index is 13.1. The first kappa shape index (κ1) is 33.5. The second-order valence-corrected chi connectivity index (χ2v) is 13.2. The van der Waals surface area contributed by atoms with Gasteiger partial charge in [0, 0.05) is 32.7 Å². The van der Waals surface area contributed by atoms with Crippen LogP contribution in [0.5, 0.6) is 0 Å². The van der Waals surface area contributed by atoms with Crippen molar-refractivity contribution in [3.63, 3.8) is 0 Å². The normalized spacial score (nSPS) is 15.1. The highest BCUT2D eigenvalue weighted by molar-refractivity contribution is 7.89. The number of likely N-dealkylation sites (N-methyl/N-ethyl adjacent to an activating group) is 1. The summed E-state index contributed by atoms with van der Waals surface area (Å²) in [4.78, 5) is 28.7. The van der Waals surface area contributed by atoms with Crippen LogP contribution in [0.25, 0.3) is 0 Å². The molecule has 12 heteroatoms. The van der Waals surface area contributed by atoms with E-state index in [2.05, 4.69) is 16.3 Å². The van der Waals surface area contributed by atoms with Gasteiger partial charge in [-0.3, -0.25) is 9.69 Å². The first-order chi connectivity index (χ1) is 19.7. The monoisotopic (exact) mass is 634 g/mol. The van der Waals surface area contributed by atoms with Crippen molar-refractivity contribution in [2.24, 2.45) is 5.73 Å². The number of nitrogens with zero attached hydrogens (tertiary/aromatic N) is 3. The van der Waals surface area contributed by atoms with E-state index in [9.17, 15) is 18.0 Å². The Bertz CT molecular complexity index is 1350. The molecule has 0 saturated carbocycles. The Balaban J connectivity index is 0.00000484. The molecule has 4 rings (SSSR count). The van der Waals surface area contributed by atoms with Gasteiger partial charge in [-0.2, -0.15) is 11.3 Å². The van der Waals surface area contributed by atoms with Gasteiger partial charge in [0.15, 0.2) is 0 Å². The maximum Gasteiger partial charge on any atom is 0.410 e. The van der Waals surface area contributed by atoms with E-state index in [4.69, 9.17) is 10.5 Å². The number of hydrogen-bond donors (Lipinski definition) is 1. The molecule has 1 aromatic heterocycles. The van der Waals surface area contributed by atoms with Crippen LogP contribution in [0.4, 0.5) is 4.79 Å². The summed E-state index contributed by atoms with van der Waals surface area (Å²) in [5.41, 5.74) is 7.47. The number of primary amides is 1. The van der Waals surface area contributed by atoms with Crippen LogP contribution in [0.3, 0.4) is 0 Å². The lowest BCUT2D eigenvalue weighted by molar-refractivity contribution is -0.119. The summed E-state index contributed by atoms with van der Waals surface area (Å²) >= 11 is 1.61. The molecule has 2 amide bonds. The van der Waals surface area contributed by atoms with Crippen molar-refractivity contribution in [3.05, 3.63) is 88.6 Å². The van der Waals surface area contributed by atoms with Crippen molar-refractivity contribution >= 4 is 45.8 Å². The SMILES string of the molecule is CN(C[C@@H](CCN1CCC(N(CC(N)=O)C(=O)OCc2ccccc2)CC1)c1ccsc1)S(=O)(=O)c1ccccc1.Cl. The second-order valence-electron chi connectivity index (χ2n) is 10.3. The molecule has 228 valence electrons. The van der Waals surface area contributed by atoms with Gasteiger partial charge < -0.3 is 15.4 Å². The van der Waals surface area contributed by atoms with E-state index in [1.165, 1.54) is 9.21 Å². The topological polar surface area (TPSA) is 113 Å². The maximum atomic E-state index is 13.1. The molecule has 0 aliphatic carbocycles. The fourth-order valence-electron chi connectivity index (χ4n) is 5.16. The average molecular weight is 635 g/mol. The molecular weight excluding hydrogens is 596 g/mol. The number of rotatable bonds is 13. The number of amides is 2. The zero-order valence-electron chi connectivity index (χ0n) is 23.7. The molecule has 1 aliphatic rings. The molecule has 2 aromatic carbocycles. The number of carbonyl (C=O) groups excluding carboxylic acids is 2. The molecule has 0 radical (unpaired) electrons. The first-order valence-electron chi connectivity index (χ1n) is 13.8. The van der Waals surface area contributed by atoms with Crippen LogP contribution in [0, 0.1) is 0 Å². The van der Waals surface area contributed by atoms with E-state index in [1.54, 1.807) is 48.7 Å². The molecule has 0 spiro atoms. The highest BCUT2D eigenvalue weighted by atomic mass is 35.5. The molecule has 1 atom stereocenters. The van der Waals surface area contributed by atoms with Crippen LogP contribution in [0.2, 0.25) is 0 Å². The van der Waals surface area contributed by atoms with Crippen molar-refractivity contribution in [1.29, 1.82) is 0 Å². The van der Waals surface area contributed by atoms with Crippen LogP contribution in [-0.2, 0) is 26.2 Å². The van der Waals surface area contributed by atoms with Crippen molar-refractivity contribution in [3.8, 4) is 0 Å². The number of likely N-dealkylation sites (tertiary alicyclic amines) is 1. The summed E-state index contributed by atoms with van der Waals surface area (Å²) in [6.45, 7) is 2.62. The zero-order chi connectivity index (χ0) is 29.2. The highest BCUT2D eigenvalue weighted by Crippen LogP contribution is 2.27. The zero-order valence-corrected chi connectivity index (χ0v) is 26.2. The Hall–Kier alpha value is -2.96. The lowest BCUT2D eigenvalue weighted by atomic mass is 9.97. The largest absolute Gasteiger partial charge is 0.445 e. The Morgan fingerprint density at radius 1 is 1.05 bits per heavy atom. The van der Waals surface area contributed by atoms with Crippen molar-refractivity contribution < 1.29 is 22.7 Å². The van der Waals surface area contributed by atoms with E-state index in [1.807, 2.05) is 35.7 Å². The van der Waals surface area contributed by atoms with Gasteiger partial charge in [-0.15, -0.1) is 12.4 Å². The fourth-order valence-corrected chi connectivity index (χ4v) is 7.14. The van der Waals surface area contributed by atoms with E-state index in [0.717, 1.165) is 37.2 Å². The first-order valence-corrected chi connectivity index (χ1v) is 16.1. The van der Waals surface area contributed by atoms with Gasteiger partial charge >= 0.3 is 6.09 Å². The van der Waals surface area contributed by atoms with Gasteiger partial charge in [-0.05, 0) is 71.8 Å². The smallest absolute Gasteiger partial charge is 0.410 e. The molecule has 2 heterocycles. The number of halogens is 1. The molecule has 1 fully saturated rings. The predicted molar refractivity (Wildman–Crippen MR) is 167 cm³/mol. The van der Waals surface area contributed by atoms with Crippen LogP contribution in [0.15, 0.2) is 82.4 Å². The van der Waals surface area contributed by atoms with E-state index < -0.39 is 22.0 Å². The number of benzene rings is 2. The standard InChI is InChI=1S/C30H38N4O5S2.ClH/c1-32(41(37,38)28-10-6-3-7-11-28)20-25(26-15-19-40-23-26)12-16-33-17-13-27(14-18-33)34(21-29(31)35)30(36)39-22-24-8-4-2-5-9-24;/h2-11,15,19,23,25,27H,12-14,16-18,20-22H2,1H3,(H2,31,35);1H/t25-;/m1./s1. The molecule has 0 unspecified atom stereocenters. The number of hydrogen-bond acceptors (Lipinski definition) is 7. The highest BCUT2D eigenvalue weighted by Gasteiger charge is 2.31. The van der Waals surface area contributed by atoms with Gasteiger partial charge in [0.25, 0.3) is 0 Å². The molecule has 1 aliphatic heterocycles. The number of nitrogens with two attached hydrogens (primary N) is 1. The van der Waals surface area contributed by atoms with Crippen LogP contribution < -0.4 is 5.73 Å². The quantitative estimate of drug-likeness (QED) is 0.295. The minimum Gasteiger partial charge on any atom is -0.445 e. The molecule has 3 aromatic rings.